The van der Waals surface area contributed by atoms with Crippen molar-refractivity contribution in [1.82, 2.24) is 0 Å². The van der Waals surface area contributed by atoms with E-state index in [1.165, 1.54) is 6.07 Å². The number of rotatable bonds is 2. The molecule has 1 aliphatic rings. The molecule has 0 aliphatic carbocycles. The summed E-state index contributed by atoms with van der Waals surface area (Å²) in [5, 5.41) is 5.16. The molecule has 0 aromatic heterocycles. The molecule has 1 aromatic carbocycles. The molecule has 1 saturated heterocycles. The molecule has 6 heteroatoms. The molecule has 94 valence electrons. The third-order valence-electron chi connectivity index (χ3n) is 2.98. The number of hydrogen-bond acceptors (Lipinski definition) is 3. The summed E-state index contributed by atoms with van der Waals surface area (Å²) in [7, 11) is 0. The third-order valence-corrected chi connectivity index (χ3v) is 3.95. The van der Waals surface area contributed by atoms with E-state index in [4.69, 9.17) is 16.7 Å². The van der Waals surface area contributed by atoms with Crippen LogP contribution in [0.1, 0.15) is 13.3 Å². The van der Waals surface area contributed by atoms with Crippen molar-refractivity contribution < 1.29 is 8.78 Å². The lowest BCUT2D eigenvalue weighted by Crippen LogP contribution is -2.20. The largest absolute Gasteiger partial charge is 0.370 e. The maximum absolute atomic E-state index is 13.8. The summed E-state index contributed by atoms with van der Waals surface area (Å²) in [6, 6.07) is 1.26. The van der Waals surface area contributed by atoms with Crippen molar-refractivity contribution in [1.29, 1.82) is 0 Å². The number of benzene rings is 1. The second-order valence-corrected chi connectivity index (χ2v) is 5.31. The van der Waals surface area contributed by atoms with E-state index in [0.29, 0.717) is 23.6 Å². The lowest BCUT2D eigenvalue weighted by Gasteiger charge is -2.20. The van der Waals surface area contributed by atoms with E-state index in [9.17, 15) is 8.78 Å². The summed E-state index contributed by atoms with van der Waals surface area (Å²) < 4.78 is 27.4. The van der Waals surface area contributed by atoms with Gasteiger partial charge in [0.2, 0.25) is 0 Å². The SMILES string of the molecule is CC1CCN(c2cc(F)c(SN)c(F)c2Cl)C1. The molecule has 0 saturated carbocycles. The van der Waals surface area contributed by atoms with E-state index in [1.54, 1.807) is 0 Å². The van der Waals surface area contributed by atoms with E-state index in [1.807, 2.05) is 4.90 Å². The Morgan fingerprint density at radius 2 is 2.24 bits per heavy atom. The standard InChI is InChI=1S/C11H13ClF2N2S/c1-6-2-3-16(5-6)8-4-7(13)11(17-15)10(14)9(8)12/h4,6H,2-3,5,15H2,1H3. The van der Waals surface area contributed by atoms with Gasteiger partial charge in [0.1, 0.15) is 10.8 Å². The molecule has 2 rings (SSSR count). The molecule has 1 aromatic rings. The van der Waals surface area contributed by atoms with E-state index in [0.717, 1.165) is 19.5 Å². The fourth-order valence-corrected chi connectivity index (χ4v) is 2.76. The second-order valence-electron chi connectivity index (χ2n) is 4.29. The molecule has 0 radical (unpaired) electrons. The molecule has 0 bridgehead atoms. The van der Waals surface area contributed by atoms with Gasteiger partial charge >= 0.3 is 0 Å². The molecule has 0 amide bonds. The Morgan fingerprint density at radius 3 is 2.76 bits per heavy atom. The summed E-state index contributed by atoms with van der Waals surface area (Å²) in [5.74, 6) is -0.913. The molecule has 1 heterocycles. The van der Waals surface area contributed by atoms with Crippen LogP contribution >= 0.6 is 23.5 Å². The van der Waals surface area contributed by atoms with Gasteiger partial charge in [-0.05, 0) is 24.3 Å². The first-order chi connectivity index (χ1) is 8.04. The fourth-order valence-electron chi connectivity index (χ4n) is 2.06. The van der Waals surface area contributed by atoms with Crippen molar-refractivity contribution in [2.24, 2.45) is 11.1 Å². The van der Waals surface area contributed by atoms with Crippen molar-refractivity contribution in [3.05, 3.63) is 22.7 Å². The minimum absolute atomic E-state index is 0.0477. The molecule has 2 nitrogen and oxygen atoms in total. The van der Waals surface area contributed by atoms with Crippen LogP contribution in [0.2, 0.25) is 5.02 Å². The Balaban J connectivity index is 2.42. The zero-order chi connectivity index (χ0) is 12.6. The molecular formula is C11H13ClF2N2S. The highest BCUT2D eigenvalue weighted by Gasteiger charge is 2.25. The minimum Gasteiger partial charge on any atom is -0.370 e. The highest BCUT2D eigenvalue weighted by molar-refractivity contribution is 7.97. The van der Waals surface area contributed by atoms with E-state index >= 15 is 0 Å². The van der Waals surface area contributed by atoms with Crippen molar-refractivity contribution in [2.75, 3.05) is 18.0 Å². The van der Waals surface area contributed by atoms with E-state index < -0.39 is 11.6 Å². The van der Waals surface area contributed by atoms with Crippen LogP contribution in [0.4, 0.5) is 14.5 Å². The fraction of sp³-hybridized carbons (Fsp3) is 0.455. The number of nitrogens with two attached hydrogens (primary N) is 1. The quantitative estimate of drug-likeness (QED) is 0.664. The zero-order valence-electron chi connectivity index (χ0n) is 9.34. The number of hydrogen-bond donors (Lipinski definition) is 1. The molecule has 2 N–H and O–H groups in total. The van der Waals surface area contributed by atoms with Crippen LogP contribution in [0.15, 0.2) is 11.0 Å². The average Bonchev–Trinajstić information content (AvgIpc) is 2.71. The Labute approximate surface area is 108 Å². The van der Waals surface area contributed by atoms with E-state index in [-0.39, 0.29) is 9.92 Å². The third kappa shape index (κ3) is 2.37. The Morgan fingerprint density at radius 1 is 1.53 bits per heavy atom. The average molecular weight is 279 g/mol. The Bertz CT molecular complexity index is 442. The van der Waals surface area contributed by atoms with Crippen LogP contribution < -0.4 is 10.0 Å². The van der Waals surface area contributed by atoms with Crippen molar-refractivity contribution in [2.45, 2.75) is 18.2 Å². The summed E-state index contributed by atoms with van der Waals surface area (Å²) in [4.78, 5) is 1.68. The highest BCUT2D eigenvalue weighted by Crippen LogP contribution is 2.37. The van der Waals surface area contributed by atoms with Gasteiger partial charge in [0.15, 0.2) is 5.82 Å². The number of anilines is 1. The van der Waals surface area contributed by atoms with Gasteiger partial charge in [-0.2, -0.15) is 0 Å². The first-order valence-electron chi connectivity index (χ1n) is 5.33. The number of nitrogens with zero attached hydrogens (tertiary/aromatic N) is 1. The first-order valence-corrected chi connectivity index (χ1v) is 6.59. The number of halogens is 3. The topological polar surface area (TPSA) is 29.3 Å². The summed E-state index contributed by atoms with van der Waals surface area (Å²) in [6.07, 6.45) is 1.01. The van der Waals surface area contributed by atoms with Crippen LogP contribution in [-0.2, 0) is 0 Å². The monoisotopic (exact) mass is 278 g/mol. The molecule has 17 heavy (non-hydrogen) atoms. The van der Waals surface area contributed by atoms with Crippen LogP contribution in [0, 0.1) is 17.6 Å². The summed E-state index contributed by atoms with van der Waals surface area (Å²) >= 11 is 6.46. The van der Waals surface area contributed by atoms with Gasteiger partial charge in [-0.25, -0.2) is 8.78 Å². The van der Waals surface area contributed by atoms with E-state index in [2.05, 4.69) is 6.92 Å². The minimum atomic E-state index is -0.770. The predicted octanol–water partition coefficient (Wildman–Crippen LogP) is 3.43. The maximum Gasteiger partial charge on any atom is 0.161 e. The van der Waals surface area contributed by atoms with Crippen molar-refractivity contribution in [3.8, 4) is 0 Å². The van der Waals surface area contributed by atoms with Gasteiger partial charge < -0.3 is 4.90 Å². The lowest BCUT2D eigenvalue weighted by molar-refractivity contribution is 0.540. The van der Waals surface area contributed by atoms with Crippen LogP contribution in [0.5, 0.6) is 0 Å². The molecule has 1 unspecified atom stereocenters. The molecule has 1 aliphatic heterocycles. The summed E-state index contributed by atoms with van der Waals surface area (Å²) in [6.45, 7) is 3.65. The van der Waals surface area contributed by atoms with Crippen molar-refractivity contribution in [3.63, 3.8) is 0 Å². The predicted molar refractivity (Wildman–Crippen MR) is 67.4 cm³/mol. The zero-order valence-corrected chi connectivity index (χ0v) is 10.9. The smallest absolute Gasteiger partial charge is 0.161 e. The van der Waals surface area contributed by atoms with Gasteiger partial charge in [-0.1, -0.05) is 18.5 Å². The second kappa shape index (κ2) is 5.00. The van der Waals surface area contributed by atoms with Crippen molar-refractivity contribution >= 4 is 29.2 Å². The van der Waals surface area contributed by atoms with Gasteiger partial charge in [0.25, 0.3) is 0 Å². The normalized spacial score (nSPS) is 20.1. The highest BCUT2D eigenvalue weighted by atomic mass is 35.5. The van der Waals surface area contributed by atoms with Gasteiger partial charge in [0, 0.05) is 19.2 Å². The Hall–Kier alpha value is -0.520. The molecule has 1 atom stereocenters. The molecular weight excluding hydrogens is 266 g/mol. The summed E-state index contributed by atoms with van der Waals surface area (Å²) in [5.41, 5.74) is 0.420. The maximum atomic E-state index is 13.8. The van der Waals surface area contributed by atoms with Gasteiger partial charge in [0.05, 0.1) is 10.6 Å². The first kappa shape index (κ1) is 12.9. The molecule has 1 fully saturated rings. The Kier molecular flexibility index (Phi) is 3.80. The lowest BCUT2D eigenvalue weighted by atomic mass is 10.2. The van der Waals surface area contributed by atoms with Gasteiger partial charge in [-0.3, -0.25) is 5.14 Å². The van der Waals surface area contributed by atoms with Crippen LogP contribution in [0.3, 0.4) is 0 Å². The molecule has 0 spiro atoms. The van der Waals surface area contributed by atoms with Crippen LogP contribution in [0.25, 0.3) is 0 Å². The van der Waals surface area contributed by atoms with Gasteiger partial charge in [-0.15, -0.1) is 0 Å². The van der Waals surface area contributed by atoms with Crippen LogP contribution in [-0.4, -0.2) is 13.1 Å².